The molecule has 1 aliphatic carbocycles. The van der Waals surface area contributed by atoms with Gasteiger partial charge in [0.1, 0.15) is 0 Å². The Hall–Kier alpha value is -0.630. The van der Waals surface area contributed by atoms with Gasteiger partial charge in [-0.2, -0.15) is 0 Å². The zero-order valence-corrected chi connectivity index (χ0v) is 8.05. The number of hydrogen-bond donors (Lipinski definition) is 1. The van der Waals surface area contributed by atoms with Crippen LogP contribution in [0.3, 0.4) is 0 Å². The van der Waals surface area contributed by atoms with Gasteiger partial charge in [0.15, 0.2) is 5.78 Å². The molecule has 0 bridgehead atoms. The molecule has 1 fully saturated rings. The summed E-state index contributed by atoms with van der Waals surface area (Å²) in [7, 11) is 0. The van der Waals surface area contributed by atoms with Gasteiger partial charge < -0.3 is 5.73 Å². The number of allylic oxidation sites excluding steroid dienone is 1. The predicted octanol–water partition coefficient (Wildman–Crippen LogP) is 1.65. The minimum atomic E-state index is -0.0220. The Balaban J connectivity index is 2.89. The van der Waals surface area contributed by atoms with E-state index in [4.69, 9.17) is 5.73 Å². The number of hydrogen-bond acceptors (Lipinski definition) is 2. The Labute approximate surface area is 73.8 Å². The molecule has 0 heterocycles. The SMILES string of the molecule is CC(C)=C1C(=O)C[C@H](C)CC1N. The number of carbonyl (C=O) groups is 1. The van der Waals surface area contributed by atoms with Crippen molar-refractivity contribution in [1.29, 1.82) is 0 Å². The van der Waals surface area contributed by atoms with Gasteiger partial charge in [0.05, 0.1) is 0 Å². The molecule has 12 heavy (non-hydrogen) atoms. The highest BCUT2D eigenvalue weighted by atomic mass is 16.1. The quantitative estimate of drug-likeness (QED) is 0.557. The molecule has 1 rings (SSSR count). The molecule has 0 amide bonds. The molecule has 1 saturated carbocycles. The van der Waals surface area contributed by atoms with Gasteiger partial charge in [0.2, 0.25) is 0 Å². The topological polar surface area (TPSA) is 43.1 Å². The lowest BCUT2D eigenvalue weighted by molar-refractivity contribution is -0.117. The Morgan fingerprint density at radius 1 is 1.50 bits per heavy atom. The Bertz CT molecular complexity index is 226. The van der Waals surface area contributed by atoms with Crippen molar-refractivity contribution in [2.24, 2.45) is 11.7 Å². The fourth-order valence-corrected chi connectivity index (χ4v) is 1.92. The van der Waals surface area contributed by atoms with Crippen molar-refractivity contribution in [2.75, 3.05) is 0 Å². The van der Waals surface area contributed by atoms with E-state index in [9.17, 15) is 4.79 Å². The first-order chi connectivity index (χ1) is 5.52. The summed E-state index contributed by atoms with van der Waals surface area (Å²) < 4.78 is 0. The summed E-state index contributed by atoms with van der Waals surface area (Å²) in [6.07, 6.45) is 1.63. The maximum Gasteiger partial charge on any atom is 0.160 e. The van der Waals surface area contributed by atoms with E-state index < -0.39 is 0 Å². The third kappa shape index (κ3) is 1.75. The third-order valence-electron chi connectivity index (χ3n) is 2.40. The van der Waals surface area contributed by atoms with E-state index >= 15 is 0 Å². The molecule has 0 aliphatic heterocycles. The van der Waals surface area contributed by atoms with Crippen LogP contribution >= 0.6 is 0 Å². The van der Waals surface area contributed by atoms with E-state index in [0.29, 0.717) is 12.3 Å². The average molecular weight is 167 g/mol. The van der Waals surface area contributed by atoms with E-state index in [1.807, 2.05) is 13.8 Å². The molecular formula is C10H17NO. The summed E-state index contributed by atoms with van der Waals surface area (Å²) in [4.78, 5) is 11.5. The van der Waals surface area contributed by atoms with E-state index in [1.54, 1.807) is 0 Å². The molecule has 1 unspecified atom stereocenters. The summed E-state index contributed by atoms with van der Waals surface area (Å²) in [5, 5.41) is 0. The minimum absolute atomic E-state index is 0.0220. The van der Waals surface area contributed by atoms with Crippen LogP contribution in [0.2, 0.25) is 0 Å². The lowest BCUT2D eigenvalue weighted by atomic mass is 9.81. The first kappa shape index (κ1) is 9.46. The first-order valence-corrected chi connectivity index (χ1v) is 4.48. The van der Waals surface area contributed by atoms with Crippen molar-refractivity contribution < 1.29 is 4.79 Å². The van der Waals surface area contributed by atoms with Gasteiger partial charge in [-0.3, -0.25) is 4.79 Å². The Kier molecular flexibility index (Phi) is 2.68. The lowest BCUT2D eigenvalue weighted by Crippen LogP contribution is -2.35. The molecule has 0 aromatic carbocycles. The molecule has 0 aromatic rings. The molecule has 2 nitrogen and oxygen atoms in total. The monoisotopic (exact) mass is 167 g/mol. The molecule has 0 spiro atoms. The zero-order valence-electron chi connectivity index (χ0n) is 8.05. The number of ketones is 1. The second kappa shape index (κ2) is 3.40. The first-order valence-electron chi connectivity index (χ1n) is 4.48. The summed E-state index contributed by atoms with van der Waals surface area (Å²) in [5.74, 6) is 0.705. The van der Waals surface area contributed by atoms with Crippen LogP contribution in [0.15, 0.2) is 11.1 Å². The van der Waals surface area contributed by atoms with Gasteiger partial charge in [-0.15, -0.1) is 0 Å². The standard InChI is InChI=1S/C10H17NO/c1-6(2)10-8(11)4-7(3)5-9(10)12/h7-8H,4-5,11H2,1-3H3/t7-,8?/m1/s1. The molecular weight excluding hydrogens is 150 g/mol. The van der Waals surface area contributed by atoms with Gasteiger partial charge in [0, 0.05) is 18.0 Å². The van der Waals surface area contributed by atoms with Crippen LogP contribution in [0.25, 0.3) is 0 Å². The van der Waals surface area contributed by atoms with Crippen LogP contribution in [-0.4, -0.2) is 11.8 Å². The van der Waals surface area contributed by atoms with E-state index in [1.165, 1.54) is 0 Å². The summed E-state index contributed by atoms with van der Waals surface area (Å²) >= 11 is 0. The number of Topliss-reactive ketones (excluding diaryl/α,β-unsaturated/α-hetero) is 1. The average Bonchev–Trinajstić information content (AvgIpc) is 1.82. The van der Waals surface area contributed by atoms with Crippen molar-refractivity contribution in [1.82, 2.24) is 0 Å². The van der Waals surface area contributed by atoms with Crippen molar-refractivity contribution in [2.45, 2.75) is 39.7 Å². The van der Waals surface area contributed by atoms with E-state index in [0.717, 1.165) is 17.6 Å². The van der Waals surface area contributed by atoms with Crippen LogP contribution in [0.5, 0.6) is 0 Å². The van der Waals surface area contributed by atoms with Gasteiger partial charge in [-0.1, -0.05) is 12.5 Å². The van der Waals surface area contributed by atoms with Crippen molar-refractivity contribution >= 4 is 5.78 Å². The highest BCUT2D eigenvalue weighted by molar-refractivity contribution is 5.98. The van der Waals surface area contributed by atoms with Gasteiger partial charge in [0.25, 0.3) is 0 Å². The van der Waals surface area contributed by atoms with Crippen LogP contribution < -0.4 is 5.73 Å². The maximum atomic E-state index is 11.5. The van der Waals surface area contributed by atoms with Crippen LogP contribution in [0, 0.1) is 5.92 Å². The van der Waals surface area contributed by atoms with Crippen molar-refractivity contribution in [3.8, 4) is 0 Å². The molecule has 1 aliphatic rings. The smallest absolute Gasteiger partial charge is 0.160 e. The lowest BCUT2D eigenvalue weighted by Gasteiger charge is -2.26. The third-order valence-corrected chi connectivity index (χ3v) is 2.40. The van der Waals surface area contributed by atoms with Gasteiger partial charge in [-0.25, -0.2) is 0 Å². The Morgan fingerprint density at radius 2 is 2.08 bits per heavy atom. The van der Waals surface area contributed by atoms with Crippen molar-refractivity contribution in [3.05, 3.63) is 11.1 Å². The number of carbonyl (C=O) groups excluding carboxylic acids is 1. The maximum absolute atomic E-state index is 11.5. The summed E-state index contributed by atoms with van der Waals surface area (Å²) in [5.41, 5.74) is 7.83. The summed E-state index contributed by atoms with van der Waals surface area (Å²) in [6.45, 7) is 6.01. The fourth-order valence-electron chi connectivity index (χ4n) is 1.92. The van der Waals surface area contributed by atoms with Crippen LogP contribution in [0.4, 0.5) is 0 Å². The molecule has 2 N–H and O–H groups in total. The molecule has 68 valence electrons. The fraction of sp³-hybridized carbons (Fsp3) is 0.700. The number of nitrogens with two attached hydrogens (primary N) is 1. The highest BCUT2D eigenvalue weighted by Gasteiger charge is 2.27. The molecule has 2 heteroatoms. The van der Waals surface area contributed by atoms with Crippen LogP contribution in [0.1, 0.15) is 33.6 Å². The molecule has 2 atom stereocenters. The summed E-state index contributed by atoms with van der Waals surface area (Å²) in [6, 6.07) is -0.0220. The van der Waals surface area contributed by atoms with E-state index in [2.05, 4.69) is 6.92 Å². The predicted molar refractivity (Wildman–Crippen MR) is 49.8 cm³/mol. The van der Waals surface area contributed by atoms with Crippen molar-refractivity contribution in [3.63, 3.8) is 0 Å². The Morgan fingerprint density at radius 3 is 2.50 bits per heavy atom. The molecule has 0 aromatic heterocycles. The second-order valence-electron chi connectivity index (χ2n) is 3.99. The normalized spacial score (nSPS) is 30.7. The van der Waals surface area contributed by atoms with Gasteiger partial charge >= 0.3 is 0 Å². The molecule has 0 saturated heterocycles. The minimum Gasteiger partial charge on any atom is -0.324 e. The number of rotatable bonds is 0. The van der Waals surface area contributed by atoms with E-state index in [-0.39, 0.29) is 11.8 Å². The zero-order chi connectivity index (χ0) is 9.30. The molecule has 0 radical (unpaired) electrons. The second-order valence-corrected chi connectivity index (χ2v) is 3.99. The van der Waals surface area contributed by atoms with Gasteiger partial charge in [-0.05, 0) is 26.2 Å². The van der Waals surface area contributed by atoms with Crippen LogP contribution in [-0.2, 0) is 4.79 Å². The highest BCUT2D eigenvalue weighted by Crippen LogP contribution is 2.26. The largest absolute Gasteiger partial charge is 0.324 e.